The number of amides is 1. The molecule has 26 heavy (non-hydrogen) atoms. The van der Waals surface area contributed by atoms with Crippen molar-refractivity contribution < 1.29 is 4.79 Å². The quantitative estimate of drug-likeness (QED) is 0.827. The molecule has 144 valence electrons. The van der Waals surface area contributed by atoms with Crippen molar-refractivity contribution in [3.63, 3.8) is 0 Å². The van der Waals surface area contributed by atoms with Crippen molar-refractivity contribution in [1.82, 2.24) is 15.1 Å². The number of piperazine rings is 1. The Morgan fingerprint density at radius 1 is 1.15 bits per heavy atom. The molecule has 2 aliphatic carbocycles. The number of carbonyl (C=O) groups is 1. The first-order valence-corrected chi connectivity index (χ1v) is 10.0. The van der Waals surface area contributed by atoms with Crippen LogP contribution < -0.4 is 5.32 Å². The van der Waals surface area contributed by atoms with Crippen molar-refractivity contribution in [3.05, 3.63) is 35.4 Å². The van der Waals surface area contributed by atoms with Crippen LogP contribution in [0.25, 0.3) is 0 Å². The van der Waals surface area contributed by atoms with Gasteiger partial charge in [0.1, 0.15) is 0 Å². The molecule has 1 amide bonds. The fourth-order valence-electron chi connectivity index (χ4n) is 4.52. The minimum Gasteiger partial charge on any atom is -0.340 e. The summed E-state index contributed by atoms with van der Waals surface area (Å²) in [6.07, 6.45) is 5.88. The topological polar surface area (TPSA) is 35.6 Å². The first-order chi connectivity index (χ1) is 12.2. The van der Waals surface area contributed by atoms with Crippen LogP contribution in [0, 0.1) is 6.92 Å². The maximum absolute atomic E-state index is 12.5. The summed E-state index contributed by atoms with van der Waals surface area (Å²) < 4.78 is 0. The number of nitrogens with one attached hydrogen (secondary N) is 1. The highest BCUT2D eigenvalue weighted by atomic mass is 35.5. The minimum atomic E-state index is 0. The van der Waals surface area contributed by atoms with Crippen LogP contribution in [0.4, 0.5) is 0 Å². The SMILES string of the molecule is Cc1ccccc1C1CC(N(CCC(=O)N2CCNCC2)C2CC2)C1.Cl. The molecule has 1 aromatic rings. The van der Waals surface area contributed by atoms with Gasteiger partial charge in [-0.1, -0.05) is 24.3 Å². The monoisotopic (exact) mass is 377 g/mol. The summed E-state index contributed by atoms with van der Waals surface area (Å²) in [7, 11) is 0. The predicted molar refractivity (Wildman–Crippen MR) is 108 cm³/mol. The van der Waals surface area contributed by atoms with E-state index in [1.54, 1.807) is 0 Å². The lowest BCUT2D eigenvalue weighted by Crippen LogP contribution is -2.49. The van der Waals surface area contributed by atoms with E-state index < -0.39 is 0 Å². The number of hydrogen-bond donors (Lipinski definition) is 1. The number of benzene rings is 1. The van der Waals surface area contributed by atoms with Gasteiger partial charge in [0.15, 0.2) is 0 Å². The third-order valence-electron chi connectivity index (χ3n) is 6.28. The van der Waals surface area contributed by atoms with E-state index >= 15 is 0 Å². The van der Waals surface area contributed by atoms with Crippen molar-refractivity contribution in [2.75, 3.05) is 32.7 Å². The summed E-state index contributed by atoms with van der Waals surface area (Å²) in [6, 6.07) is 10.3. The average Bonchev–Trinajstić information content (AvgIpc) is 3.43. The zero-order chi connectivity index (χ0) is 17.2. The number of aryl methyl sites for hydroxylation is 1. The lowest BCUT2D eigenvalue weighted by Gasteiger charge is -2.44. The molecule has 4 rings (SSSR count). The van der Waals surface area contributed by atoms with Crippen LogP contribution >= 0.6 is 12.4 Å². The van der Waals surface area contributed by atoms with Crippen LogP contribution in [-0.4, -0.2) is 60.5 Å². The van der Waals surface area contributed by atoms with Crippen molar-refractivity contribution in [2.24, 2.45) is 0 Å². The molecule has 0 aromatic heterocycles. The highest BCUT2D eigenvalue weighted by Crippen LogP contribution is 2.44. The van der Waals surface area contributed by atoms with E-state index in [0.29, 0.717) is 18.4 Å². The summed E-state index contributed by atoms with van der Waals surface area (Å²) in [4.78, 5) is 17.2. The Balaban J connectivity index is 0.00000196. The first-order valence-electron chi connectivity index (χ1n) is 10.0. The van der Waals surface area contributed by atoms with Gasteiger partial charge in [0.2, 0.25) is 5.91 Å². The van der Waals surface area contributed by atoms with Gasteiger partial charge in [-0.2, -0.15) is 0 Å². The van der Waals surface area contributed by atoms with Crippen molar-refractivity contribution >= 4 is 18.3 Å². The van der Waals surface area contributed by atoms with Gasteiger partial charge in [0.05, 0.1) is 0 Å². The largest absolute Gasteiger partial charge is 0.340 e. The number of hydrogen-bond acceptors (Lipinski definition) is 3. The Hall–Kier alpha value is -1.10. The zero-order valence-electron chi connectivity index (χ0n) is 15.8. The van der Waals surface area contributed by atoms with Gasteiger partial charge in [-0.3, -0.25) is 9.69 Å². The van der Waals surface area contributed by atoms with E-state index in [0.717, 1.165) is 44.7 Å². The Labute approximate surface area is 163 Å². The molecular formula is C21H32ClN3O. The second kappa shape index (κ2) is 8.73. The Kier molecular flexibility index (Phi) is 6.60. The lowest BCUT2D eigenvalue weighted by atomic mass is 9.73. The molecule has 0 unspecified atom stereocenters. The van der Waals surface area contributed by atoms with Crippen LogP contribution in [0.5, 0.6) is 0 Å². The van der Waals surface area contributed by atoms with E-state index in [1.165, 1.54) is 36.8 Å². The molecule has 3 aliphatic rings. The van der Waals surface area contributed by atoms with E-state index in [9.17, 15) is 4.79 Å². The van der Waals surface area contributed by atoms with Gasteiger partial charge in [-0.05, 0) is 49.7 Å². The number of rotatable bonds is 6. The number of carbonyl (C=O) groups excluding carboxylic acids is 1. The third-order valence-corrected chi connectivity index (χ3v) is 6.28. The molecular weight excluding hydrogens is 346 g/mol. The minimum absolute atomic E-state index is 0. The van der Waals surface area contributed by atoms with Crippen molar-refractivity contribution in [2.45, 2.75) is 57.0 Å². The second-order valence-electron chi connectivity index (χ2n) is 8.03. The zero-order valence-corrected chi connectivity index (χ0v) is 16.6. The van der Waals surface area contributed by atoms with Gasteiger partial charge in [0, 0.05) is 51.2 Å². The van der Waals surface area contributed by atoms with Gasteiger partial charge < -0.3 is 10.2 Å². The van der Waals surface area contributed by atoms with Crippen LogP contribution in [0.1, 0.15) is 49.1 Å². The molecule has 0 atom stereocenters. The smallest absolute Gasteiger partial charge is 0.223 e. The van der Waals surface area contributed by atoms with Gasteiger partial charge in [-0.15, -0.1) is 12.4 Å². The van der Waals surface area contributed by atoms with Gasteiger partial charge in [0.25, 0.3) is 0 Å². The van der Waals surface area contributed by atoms with Crippen LogP contribution in [0.2, 0.25) is 0 Å². The second-order valence-corrected chi connectivity index (χ2v) is 8.03. The standard InChI is InChI=1S/C21H31N3O.ClH/c1-16-4-2-3-5-20(16)17-14-19(15-17)24(18-6-7-18)11-8-21(25)23-12-9-22-10-13-23;/h2-5,17-19,22H,6-15H2,1H3;1H. The Bertz CT molecular complexity index is 607. The number of halogens is 1. The molecule has 1 saturated heterocycles. The predicted octanol–water partition coefficient (Wildman–Crippen LogP) is 2.95. The van der Waals surface area contributed by atoms with Gasteiger partial charge >= 0.3 is 0 Å². The fourth-order valence-corrected chi connectivity index (χ4v) is 4.52. The molecule has 1 aromatic carbocycles. The first kappa shape index (κ1) is 19.7. The molecule has 1 aliphatic heterocycles. The van der Waals surface area contributed by atoms with Crippen molar-refractivity contribution in [3.8, 4) is 0 Å². The molecule has 0 spiro atoms. The normalized spacial score (nSPS) is 25.5. The molecule has 1 heterocycles. The Morgan fingerprint density at radius 2 is 1.85 bits per heavy atom. The van der Waals surface area contributed by atoms with Gasteiger partial charge in [-0.25, -0.2) is 0 Å². The average molecular weight is 378 g/mol. The highest BCUT2D eigenvalue weighted by molar-refractivity contribution is 5.85. The highest BCUT2D eigenvalue weighted by Gasteiger charge is 2.41. The van der Waals surface area contributed by atoms with E-state index in [4.69, 9.17) is 0 Å². The summed E-state index contributed by atoms with van der Waals surface area (Å²) in [6.45, 7) is 6.83. The van der Waals surface area contributed by atoms with E-state index in [1.807, 2.05) is 4.90 Å². The molecule has 4 nitrogen and oxygen atoms in total. The molecule has 3 fully saturated rings. The van der Waals surface area contributed by atoms with Crippen LogP contribution in [-0.2, 0) is 4.79 Å². The van der Waals surface area contributed by atoms with E-state index in [2.05, 4.69) is 41.4 Å². The molecule has 1 N–H and O–H groups in total. The molecule has 0 radical (unpaired) electrons. The molecule has 0 bridgehead atoms. The van der Waals surface area contributed by atoms with E-state index in [-0.39, 0.29) is 12.4 Å². The fraction of sp³-hybridized carbons (Fsp3) is 0.667. The van der Waals surface area contributed by atoms with Crippen molar-refractivity contribution in [1.29, 1.82) is 0 Å². The summed E-state index contributed by atoms with van der Waals surface area (Å²) in [5.41, 5.74) is 2.96. The van der Waals surface area contributed by atoms with Crippen LogP contribution in [0.3, 0.4) is 0 Å². The third kappa shape index (κ3) is 4.41. The summed E-state index contributed by atoms with van der Waals surface area (Å²) in [5.74, 6) is 1.07. The maximum atomic E-state index is 12.5. The van der Waals surface area contributed by atoms with Crippen LogP contribution in [0.15, 0.2) is 24.3 Å². The number of nitrogens with zero attached hydrogens (tertiary/aromatic N) is 2. The maximum Gasteiger partial charge on any atom is 0.223 e. The summed E-state index contributed by atoms with van der Waals surface area (Å²) in [5, 5.41) is 3.32. The molecule has 5 heteroatoms. The summed E-state index contributed by atoms with van der Waals surface area (Å²) >= 11 is 0. The Morgan fingerprint density at radius 3 is 2.50 bits per heavy atom. The lowest BCUT2D eigenvalue weighted by molar-refractivity contribution is -0.132. The molecule has 2 saturated carbocycles.